The Hall–Kier alpha value is -0.100. The molecule has 0 N–H and O–H groups in total. The molecule has 0 aliphatic carbocycles. The molecule has 1 amide bonds. The average molecular weight is 338 g/mol. The number of carbonyl (C=O) groups is 1. The first-order chi connectivity index (χ1) is 8.20. The van der Waals surface area contributed by atoms with E-state index in [0.717, 1.165) is 42.1 Å². The number of thiophene rings is 1. The highest BCUT2D eigenvalue weighted by atomic mass is 79.9. The Morgan fingerprint density at radius 3 is 2.65 bits per heavy atom. The molecule has 3 nitrogen and oxygen atoms in total. The summed E-state index contributed by atoms with van der Waals surface area (Å²) in [5.74, 6) is 0.795. The van der Waals surface area contributed by atoms with Crippen molar-refractivity contribution in [3.8, 4) is 0 Å². The molecule has 2 rings (SSSR count). The zero-order valence-corrected chi connectivity index (χ0v) is 12.5. The summed E-state index contributed by atoms with van der Waals surface area (Å²) < 4.78 is 1.00. The van der Waals surface area contributed by atoms with E-state index in [-0.39, 0.29) is 5.91 Å². The first kappa shape index (κ1) is 13.3. The van der Waals surface area contributed by atoms with Crippen molar-refractivity contribution in [3.05, 3.63) is 20.8 Å². The van der Waals surface area contributed by atoms with Gasteiger partial charge in [0.2, 0.25) is 0 Å². The smallest absolute Gasteiger partial charge is 0.254 e. The summed E-state index contributed by atoms with van der Waals surface area (Å²) in [5.41, 5.74) is 0.785. The van der Waals surface area contributed by atoms with Gasteiger partial charge in [-0.3, -0.25) is 9.69 Å². The second-order valence-corrected chi connectivity index (χ2v) is 6.63. The fraction of sp³-hybridized carbons (Fsp3) is 0.545. The predicted molar refractivity (Wildman–Crippen MR) is 75.1 cm³/mol. The van der Waals surface area contributed by atoms with Crippen LogP contribution in [0.3, 0.4) is 0 Å². The van der Waals surface area contributed by atoms with Crippen LogP contribution in [0.4, 0.5) is 0 Å². The fourth-order valence-electron chi connectivity index (χ4n) is 1.90. The summed E-state index contributed by atoms with van der Waals surface area (Å²) in [6.07, 6.45) is 0. The fourth-order valence-corrected chi connectivity index (χ4v) is 3.27. The maximum absolute atomic E-state index is 12.1. The first-order valence-electron chi connectivity index (χ1n) is 5.52. The van der Waals surface area contributed by atoms with E-state index in [9.17, 15) is 4.79 Å². The molecule has 1 fully saturated rings. The van der Waals surface area contributed by atoms with Crippen LogP contribution in [0.2, 0.25) is 0 Å². The molecule has 0 aromatic carbocycles. The summed E-state index contributed by atoms with van der Waals surface area (Å²) in [7, 11) is 0. The Balaban J connectivity index is 1.90. The second kappa shape index (κ2) is 6.18. The number of hydrogen-bond acceptors (Lipinski definition) is 3. The Bertz CT molecular complexity index is 391. The number of amides is 1. The van der Waals surface area contributed by atoms with Gasteiger partial charge in [-0.1, -0.05) is 0 Å². The Morgan fingerprint density at radius 1 is 1.41 bits per heavy atom. The van der Waals surface area contributed by atoms with Crippen LogP contribution < -0.4 is 0 Å². The van der Waals surface area contributed by atoms with Gasteiger partial charge in [-0.25, -0.2) is 0 Å². The molecule has 0 spiro atoms. The minimum atomic E-state index is 0.137. The largest absolute Gasteiger partial charge is 0.336 e. The van der Waals surface area contributed by atoms with E-state index >= 15 is 0 Å². The molecule has 94 valence electrons. The number of piperazine rings is 1. The van der Waals surface area contributed by atoms with Crippen LogP contribution >= 0.6 is 38.9 Å². The summed E-state index contributed by atoms with van der Waals surface area (Å²) in [4.78, 5) is 16.4. The molecule has 0 atom stereocenters. The van der Waals surface area contributed by atoms with Crippen LogP contribution in [0, 0.1) is 0 Å². The third-order valence-electron chi connectivity index (χ3n) is 2.87. The number of hydrogen-bond donors (Lipinski definition) is 0. The van der Waals surface area contributed by atoms with Crippen LogP contribution in [0.15, 0.2) is 15.2 Å². The molecule has 17 heavy (non-hydrogen) atoms. The number of nitrogens with zero attached hydrogens (tertiary/aromatic N) is 2. The molecule has 0 radical (unpaired) electrons. The molecule has 1 aliphatic rings. The lowest BCUT2D eigenvalue weighted by Gasteiger charge is -2.34. The molecule has 0 bridgehead atoms. The summed E-state index contributed by atoms with van der Waals surface area (Å²) in [5, 5.41) is 1.90. The molecule has 6 heteroatoms. The molecule has 1 saturated heterocycles. The third kappa shape index (κ3) is 3.44. The maximum Gasteiger partial charge on any atom is 0.254 e. The quantitative estimate of drug-likeness (QED) is 0.791. The van der Waals surface area contributed by atoms with Gasteiger partial charge in [0.25, 0.3) is 5.91 Å². The first-order valence-corrected chi connectivity index (χ1v) is 7.73. The Labute approximate surface area is 118 Å². The van der Waals surface area contributed by atoms with Crippen molar-refractivity contribution in [3.63, 3.8) is 0 Å². The van der Waals surface area contributed by atoms with Crippen molar-refractivity contribution in [2.24, 2.45) is 0 Å². The molecule has 2 heterocycles. The molecular weight excluding hydrogens is 324 g/mol. The molecule has 1 aliphatic heterocycles. The van der Waals surface area contributed by atoms with Crippen LogP contribution in [-0.2, 0) is 0 Å². The Morgan fingerprint density at radius 2 is 2.12 bits per heavy atom. The lowest BCUT2D eigenvalue weighted by atomic mass is 10.2. The molecule has 1 aromatic heterocycles. The molecule has 0 saturated carbocycles. The highest BCUT2D eigenvalue weighted by Crippen LogP contribution is 2.22. The van der Waals surface area contributed by atoms with Crippen LogP contribution in [0.5, 0.6) is 0 Å². The van der Waals surface area contributed by atoms with Gasteiger partial charge in [0.1, 0.15) is 0 Å². The summed E-state index contributed by atoms with van der Waals surface area (Å²) in [6.45, 7) is 4.34. The number of rotatable bonds is 3. The number of alkyl halides is 1. The van der Waals surface area contributed by atoms with Crippen LogP contribution in [0.25, 0.3) is 0 Å². The Kier molecular flexibility index (Phi) is 4.85. The summed E-state index contributed by atoms with van der Waals surface area (Å²) in [6, 6.07) is 1.89. The molecular formula is C11H14BrClN2OS. The average Bonchev–Trinajstić information content (AvgIpc) is 2.76. The van der Waals surface area contributed by atoms with E-state index in [1.807, 2.05) is 16.3 Å². The minimum absolute atomic E-state index is 0.137. The van der Waals surface area contributed by atoms with Crippen molar-refractivity contribution in [1.29, 1.82) is 0 Å². The normalized spacial score (nSPS) is 17.4. The molecule has 0 unspecified atom stereocenters. The van der Waals surface area contributed by atoms with E-state index in [1.165, 1.54) is 0 Å². The third-order valence-corrected chi connectivity index (χ3v) is 4.55. The van der Waals surface area contributed by atoms with Gasteiger partial charge in [-0.05, 0) is 22.0 Å². The van der Waals surface area contributed by atoms with Crippen molar-refractivity contribution < 1.29 is 4.79 Å². The van der Waals surface area contributed by atoms with Crippen molar-refractivity contribution in [2.45, 2.75) is 0 Å². The van der Waals surface area contributed by atoms with Crippen molar-refractivity contribution >= 4 is 44.8 Å². The van der Waals surface area contributed by atoms with E-state index < -0.39 is 0 Å². The van der Waals surface area contributed by atoms with Gasteiger partial charge in [0, 0.05) is 44.0 Å². The lowest BCUT2D eigenvalue weighted by molar-refractivity contribution is 0.0645. The minimum Gasteiger partial charge on any atom is -0.336 e. The molecule has 1 aromatic rings. The highest BCUT2D eigenvalue weighted by Gasteiger charge is 2.22. The number of halogens is 2. The topological polar surface area (TPSA) is 23.6 Å². The zero-order chi connectivity index (χ0) is 12.3. The van der Waals surface area contributed by atoms with E-state index in [2.05, 4.69) is 20.8 Å². The zero-order valence-electron chi connectivity index (χ0n) is 9.36. The monoisotopic (exact) mass is 336 g/mol. The van der Waals surface area contributed by atoms with Gasteiger partial charge < -0.3 is 4.90 Å². The van der Waals surface area contributed by atoms with Gasteiger partial charge in [0.05, 0.1) is 9.35 Å². The number of carbonyl (C=O) groups excluding carboxylic acids is 1. The van der Waals surface area contributed by atoms with Crippen molar-refractivity contribution in [2.75, 3.05) is 38.6 Å². The van der Waals surface area contributed by atoms with Crippen LogP contribution in [0.1, 0.15) is 10.4 Å². The SMILES string of the molecule is O=C(c1csc(Br)c1)N1CCN(CCCl)CC1. The summed E-state index contributed by atoms with van der Waals surface area (Å²) >= 11 is 10.6. The second-order valence-electron chi connectivity index (χ2n) is 3.96. The van der Waals surface area contributed by atoms with Gasteiger partial charge in [0.15, 0.2) is 0 Å². The van der Waals surface area contributed by atoms with Crippen molar-refractivity contribution in [1.82, 2.24) is 9.80 Å². The maximum atomic E-state index is 12.1. The predicted octanol–water partition coefficient (Wildman–Crippen LogP) is 2.51. The highest BCUT2D eigenvalue weighted by molar-refractivity contribution is 9.11. The standard InChI is InChI=1S/C11H14BrClN2OS/c12-10-7-9(8-17-10)11(16)15-5-3-14(2-1-13)4-6-15/h7-8H,1-6H2. The van der Waals surface area contributed by atoms with Gasteiger partial charge in [-0.15, -0.1) is 22.9 Å². The lowest BCUT2D eigenvalue weighted by Crippen LogP contribution is -2.49. The van der Waals surface area contributed by atoms with E-state index in [4.69, 9.17) is 11.6 Å². The van der Waals surface area contributed by atoms with Crippen LogP contribution in [-0.4, -0.2) is 54.3 Å². The van der Waals surface area contributed by atoms with Gasteiger partial charge in [-0.2, -0.15) is 0 Å². The van der Waals surface area contributed by atoms with E-state index in [1.54, 1.807) is 11.3 Å². The van der Waals surface area contributed by atoms with Gasteiger partial charge >= 0.3 is 0 Å². The van der Waals surface area contributed by atoms with E-state index in [0.29, 0.717) is 5.88 Å².